The average molecular weight is 345 g/mol. The number of piperidine rings is 1. The van der Waals surface area contributed by atoms with Crippen LogP contribution >= 0.6 is 0 Å². The summed E-state index contributed by atoms with van der Waals surface area (Å²) in [7, 11) is 0. The topological polar surface area (TPSA) is 30.9 Å². The summed E-state index contributed by atoms with van der Waals surface area (Å²) in [6, 6.07) is 10.4. The molecule has 0 amide bonds. The van der Waals surface area contributed by atoms with E-state index in [1.165, 1.54) is 38.0 Å². The van der Waals surface area contributed by atoms with E-state index >= 15 is 0 Å². The molecule has 0 aliphatic carbocycles. The van der Waals surface area contributed by atoms with Crippen molar-refractivity contribution in [1.82, 2.24) is 4.90 Å². The van der Waals surface area contributed by atoms with Gasteiger partial charge in [0.05, 0.1) is 24.9 Å². The standard InChI is InChI=1S/C21H31NO3/c1-2-4-19(5-3-1)16-24-20-14-21(25-17-20)8-10-22(11-9-21)15-18-6-12-23-13-7-18/h1-5,18,20H,6-17H2/t20-/m0/s1. The van der Waals surface area contributed by atoms with E-state index in [9.17, 15) is 0 Å². The predicted octanol–water partition coefficient (Wildman–Crippen LogP) is 3.25. The third kappa shape index (κ3) is 4.62. The molecule has 0 bridgehead atoms. The van der Waals surface area contributed by atoms with E-state index in [0.29, 0.717) is 6.61 Å². The molecule has 1 spiro atoms. The van der Waals surface area contributed by atoms with Crippen molar-refractivity contribution < 1.29 is 14.2 Å². The van der Waals surface area contributed by atoms with Crippen LogP contribution in [0.25, 0.3) is 0 Å². The lowest BCUT2D eigenvalue weighted by Gasteiger charge is -2.40. The van der Waals surface area contributed by atoms with E-state index < -0.39 is 0 Å². The van der Waals surface area contributed by atoms with Crippen molar-refractivity contribution in [2.24, 2.45) is 5.92 Å². The molecule has 1 atom stereocenters. The minimum absolute atomic E-state index is 0.0769. The second-order valence-electron chi connectivity index (χ2n) is 7.97. The molecule has 4 heteroatoms. The Morgan fingerprint density at radius 3 is 2.60 bits per heavy atom. The van der Waals surface area contributed by atoms with Gasteiger partial charge in [0.15, 0.2) is 0 Å². The quantitative estimate of drug-likeness (QED) is 0.820. The highest BCUT2D eigenvalue weighted by Gasteiger charge is 2.43. The lowest BCUT2D eigenvalue weighted by molar-refractivity contribution is -0.0503. The normalized spacial score (nSPS) is 27.8. The highest BCUT2D eigenvalue weighted by molar-refractivity contribution is 5.13. The number of rotatable bonds is 5. The molecular formula is C21H31NO3. The second-order valence-corrected chi connectivity index (χ2v) is 7.97. The molecule has 3 aliphatic rings. The smallest absolute Gasteiger partial charge is 0.0840 e. The van der Waals surface area contributed by atoms with Gasteiger partial charge in [-0.05, 0) is 37.2 Å². The van der Waals surface area contributed by atoms with Crippen LogP contribution in [0.3, 0.4) is 0 Å². The molecule has 0 radical (unpaired) electrons. The highest BCUT2D eigenvalue weighted by Crippen LogP contribution is 2.37. The van der Waals surface area contributed by atoms with Crippen molar-refractivity contribution in [3.8, 4) is 0 Å². The van der Waals surface area contributed by atoms with Gasteiger partial charge in [0.25, 0.3) is 0 Å². The molecule has 25 heavy (non-hydrogen) atoms. The average Bonchev–Trinajstić information content (AvgIpc) is 3.07. The van der Waals surface area contributed by atoms with Gasteiger partial charge in [0.2, 0.25) is 0 Å². The first kappa shape index (κ1) is 17.5. The van der Waals surface area contributed by atoms with Gasteiger partial charge in [0.1, 0.15) is 0 Å². The van der Waals surface area contributed by atoms with Crippen LogP contribution in [0.1, 0.15) is 37.7 Å². The van der Waals surface area contributed by atoms with Crippen LogP contribution in [0.2, 0.25) is 0 Å². The lowest BCUT2D eigenvalue weighted by atomic mass is 9.87. The first-order valence-corrected chi connectivity index (χ1v) is 9.91. The number of ether oxygens (including phenoxy) is 3. The molecule has 0 aromatic heterocycles. The number of likely N-dealkylation sites (tertiary alicyclic amines) is 1. The molecular weight excluding hydrogens is 314 g/mol. The summed E-state index contributed by atoms with van der Waals surface area (Å²) >= 11 is 0. The van der Waals surface area contributed by atoms with Crippen molar-refractivity contribution in [3.05, 3.63) is 35.9 Å². The van der Waals surface area contributed by atoms with E-state index in [0.717, 1.165) is 45.0 Å². The van der Waals surface area contributed by atoms with Gasteiger partial charge in [-0.15, -0.1) is 0 Å². The van der Waals surface area contributed by atoms with Gasteiger partial charge in [-0.3, -0.25) is 0 Å². The van der Waals surface area contributed by atoms with E-state index in [1.807, 2.05) is 6.07 Å². The van der Waals surface area contributed by atoms with Gasteiger partial charge in [-0.2, -0.15) is 0 Å². The van der Waals surface area contributed by atoms with Crippen LogP contribution in [0.5, 0.6) is 0 Å². The fourth-order valence-corrected chi connectivity index (χ4v) is 4.48. The van der Waals surface area contributed by atoms with Crippen LogP contribution in [0.15, 0.2) is 30.3 Å². The second kappa shape index (κ2) is 8.17. The van der Waals surface area contributed by atoms with E-state index in [1.54, 1.807) is 0 Å². The fourth-order valence-electron chi connectivity index (χ4n) is 4.48. The number of hydrogen-bond donors (Lipinski definition) is 0. The minimum Gasteiger partial charge on any atom is -0.381 e. The Balaban J connectivity index is 1.20. The summed E-state index contributed by atoms with van der Waals surface area (Å²) in [5.74, 6) is 0.828. The lowest BCUT2D eigenvalue weighted by Crippen LogP contribution is -2.46. The Kier molecular flexibility index (Phi) is 5.71. The van der Waals surface area contributed by atoms with Crippen molar-refractivity contribution in [2.75, 3.05) is 39.5 Å². The largest absolute Gasteiger partial charge is 0.381 e. The van der Waals surface area contributed by atoms with Gasteiger partial charge in [0, 0.05) is 39.3 Å². The molecule has 3 fully saturated rings. The summed E-state index contributed by atoms with van der Waals surface area (Å²) in [5, 5.41) is 0. The van der Waals surface area contributed by atoms with Gasteiger partial charge >= 0.3 is 0 Å². The molecule has 4 nitrogen and oxygen atoms in total. The first-order valence-electron chi connectivity index (χ1n) is 9.91. The van der Waals surface area contributed by atoms with Crippen LogP contribution in [0, 0.1) is 5.92 Å². The number of nitrogens with zero attached hydrogens (tertiary/aromatic N) is 1. The Labute approximate surface area is 151 Å². The van der Waals surface area contributed by atoms with E-state index in [2.05, 4.69) is 29.2 Å². The maximum absolute atomic E-state index is 6.25. The van der Waals surface area contributed by atoms with Crippen LogP contribution in [-0.2, 0) is 20.8 Å². The summed E-state index contributed by atoms with van der Waals surface area (Å²) in [4.78, 5) is 2.64. The van der Waals surface area contributed by atoms with Crippen LogP contribution < -0.4 is 0 Å². The zero-order chi connectivity index (χ0) is 17.0. The van der Waals surface area contributed by atoms with E-state index in [-0.39, 0.29) is 11.7 Å². The third-order valence-electron chi connectivity index (χ3n) is 6.13. The Bertz CT molecular complexity index is 521. The Hall–Kier alpha value is -0.940. The summed E-state index contributed by atoms with van der Waals surface area (Å²) in [6.07, 6.45) is 6.08. The highest BCUT2D eigenvalue weighted by atomic mass is 16.6. The SMILES string of the molecule is c1ccc(CO[C@@H]2COC3(CCN(CC4CCOCC4)CC3)C2)cc1. The molecule has 138 valence electrons. The molecule has 3 aliphatic heterocycles. The molecule has 0 N–H and O–H groups in total. The molecule has 3 saturated heterocycles. The van der Waals surface area contributed by atoms with Crippen molar-refractivity contribution in [3.63, 3.8) is 0 Å². The number of benzene rings is 1. The monoisotopic (exact) mass is 345 g/mol. The predicted molar refractivity (Wildman–Crippen MR) is 97.5 cm³/mol. The van der Waals surface area contributed by atoms with Crippen molar-refractivity contribution in [2.45, 2.75) is 50.4 Å². The van der Waals surface area contributed by atoms with Crippen LogP contribution in [0.4, 0.5) is 0 Å². The molecule has 0 unspecified atom stereocenters. The van der Waals surface area contributed by atoms with E-state index in [4.69, 9.17) is 14.2 Å². The Morgan fingerprint density at radius 1 is 1.08 bits per heavy atom. The Morgan fingerprint density at radius 2 is 1.84 bits per heavy atom. The summed E-state index contributed by atoms with van der Waals surface area (Å²) in [6.45, 7) is 6.94. The minimum atomic E-state index is 0.0769. The zero-order valence-corrected chi connectivity index (χ0v) is 15.2. The molecule has 1 aromatic rings. The molecule has 1 aromatic carbocycles. The first-order chi connectivity index (χ1) is 12.3. The molecule has 4 rings (SSSR count). The molecule has 0 saturated carbocycles. The van der Waals surface area contributed by atoms with Crippen molar-refractivity contribution >= 4 is 0 Å². The number of hydrogen-bond acceptors (Lipinski definition) is 4. The van der Waals surface area contributed by atoms with Crippen LogP contribution in [-0.4, -0.2) is 56.1 Å². The van der Waals surface area contributed by atoms with Gasteiger partial charge < -0.3 is 19.1 Å². The maximum atomic E-state index is 6.25. The van der Waals surface area contributed by atoms with Gasteiger partial charge in [-0.25, -0.2) is 0 Å². The van der Waals surface area contributed by atoms with Crippen molar-refractivity contribution in [1.29, 1.82) is 0 Å². The fraction of sp³-hybridized carbons (Fsp3) is 0.714. The zero-order valence-electron chi connectivity index (χ0n) is 15.2. The van der Waals surface area contributed by atoms with Gasteiger partial charge in [-0.1, -0.05) is 30.3 Å². The maximum Gasteiger partial charge on any atom is 0.0840 e. The molecule has 3 heterocycles. The summed E-state index contributed by atoms with van der Waals surface area (Å²) < 4.78 is 17.8. The summed E-state index contributed by atoms with van der Waals surface area (Å²) in [5.41, 5.74) is 1.32. The third-order valence-corrected chi connectivity index (χ3v) is 6.13.